The predicted molar refractivity (Wildman–Crippen MR) is 57.6 cm³/mol. The van der Waals surface area contributed by atoms with Gasteiger partial charge in [-0.25, -0.2) is 4.98 Å². The summed E-state index contributed by atoms with van der Waals surface area (Å²) in [5.74, 6) is 0.994. The number of rotatable bonds is 1. The van der Waals surface area contributed by atoms with E-state index in [9.17, 15) is 0 Å². The summed E-state index contributed by atoms with van der Waals surface area (Å²) in [6.07, 6.45) is 1.88. The molecular formula is C10H18N4. The Labute approximate surface area is 84.7 Å². The molecule has 2 N–H and O–H groups in total. The number of hydrogen-bond acceptors (Lipinski definition) is 3. The molecule has 1 aliphatic rings. The molecule has 1 aliphatic heterocycles. The number of aryl methyl sites for hydroxylation is 1. The smallest absolute Gasteiger partial charge is 0.203 e. The second-order valence-corrected chi connectivity index (χ2v) is 4.53. The van der Waals surface area contributed by atoms with Gasteiger partial charge in [-0.05, 0) is 20.8 Å². The van der Waals surface area contributed by atoms with Gasteiger partial charge in [0.25, 0.3) is 0 Å². The fourth-order valence-corrected chi connectivity index (χ4v) is 1.91. The van der Waals surface area contributed by atoms with Crippen molar-refractivity contribution in [1.29, 1.82) is 0 Å². The van der Waals surface area contributed by atoms with Gasteiger partial charge in [0.05, 0.1) is 0 Å². The minimum atomic E-state index is 0.141. The van der Waals surface area contributed by atoms with Crippen LogP contribution < -0.4 is 10.2 Å². The molecule has 1 aromatic rings. The average molecular weight is 194 g/mol. The summed E-state index contributed by atoms with van der Waals surface area (Å²) in [4.78, 5) is 10.00. The van der Waals surface area contributed by atoms with Crippen molar-refractivity contribution in [3.05, 3.63) is 11.9 Å². The van der Waals surface area contributed by atoms with Crippen molar-refractivity contribution < 1.29 is 0 Å². The number of piperazine rings is 1. The Kier molecular flexibility index (Phi) is 2.23. The Morgan fingerprint density at radius 2 is 2.29 bits per heavy atom. The Bertz CT molecular complexity index is 316. The number of nitrogens with one attached hydrogen (secondary N) is 2. The van der Waals surface area contributed by atoms with Gasteiger partial charge in [-0.3, -0.25) is 0 Å². The van der Waals surface area contributed by atoms with Crippen molar-refractivity contribution in [3.8, 4) is 0 Å². The average Bonchev–Trinajstić information content (AvgIpc) is 2.51. The van der Waals surface area contributed by atoms with E-state index >= 15 is 0 Å². The topological polar surface area (TPSA) is 44.0 Å². The van der Waals surface area contributed by atoms with E-state index in [0.717, 1.165) is 31.3 Å². The summed E-state index contributed by atoms with van der Waals surface area (Å²) >= 11 is 0. The summed E-state index contributed by atoms with van der Waals surface area (Å²) in [5, 5.41) is 3.40. The highest BCUT2D eigenvalue weighted by molar-refractivity contribution is 5.36. The van der Waals surface area contributed by atoms with Crippen molar-refractivity contribution >= 4 is 5.95 Å². The second-order valence-electron chi connectivity index (χ2n) is 4.53. The first kappa shape index (κ1) is 9.52. The summed E-state index contributed by atoms with van der Waals surface area (Å²) in [5.41, 5.74) is 1.26. The van der Waals surface area contributed by atoms with Crippen LogP contribution in [0.25, 0.3) is 0 Å². The number of H-pyrrole nitrogens is 1. The van der Waals surface area contributed by atoms with Crippen LogP contribution in [-0.2, 0) is 0 Å². The number of aromatic amines is 1. The molecular weight excluding hydrogens is 176 g/mol. The highest BCUT2D eigenvalue weighted by atomic mass is 15.3. The van der Waals surface area contributed by atoms with E-state index in [4.69, 9.17) is 0 Å². The fourth-order valence-electron chi connectivity index (χ4n) is 1.91. The van der Waals surface area contributed by atoms with Gasteiger partial charge in [0, 0.05) is 37.1 Å². The third-order valence-electron chi connectivity index (χ3n) is 2.75. The first-order valence-corrected chi connectivity index (χ1v) is 5.09. The van der Waals surface area contributed by atoms with Gasteiger partial charge in [-0.2, -0.15) is 0 Å². The van der Waals surface area contributed by atoms with Crippen molar-refractivity contribution in [3.63, 3.8) is 0 Å². The van der Waals surface area contributed by atoms with E-state index in [1.54, 1.807) is 0 Å². The maximum atomic E-state index is 4.38. The molecule has 78 valence electrons. The molecule has 0 amide bonds. The summed E-state index contributed by atoms with van der Waals surface area (Å²) < 4.78 is 0. The van der Waals surface area contributed by atoms with Crippen LogP contribution in [0.2, 0.25) is 0 Å². The number of imidazole rings is 1. The molecule has 2 heterocycles. The zero-order chi connectivity index (χ0) is 10.2. The summed E-state index contributed by atoms with van der Waals surface area (Å²) in [7, 11) is 0. The quantitative estimate of drug-likeness (QED) is 0.698. The van der Waals surface area contributed by atoms with E-state index in [2.05, 4.69) is 34.0 Å². The van der Waals surface area contributed by atoms with Gasteiger partial charge >= 0.3 is 0 Å². The maximum absolute atomic E-state index is 4.38. The molecule has 1 saturated heterocycles. The molecule has 0 unspecified atom stereocenters. The van der Waals surface area contributed by atoms with Crippen LogP contribution in [0.4, 0.5) is 5.95 Å². The fraction of sp³-hybridized carbons (Fsp3) is 0.700. The molecule has 2 rings (SSSR count). The number of anilines is 1. The van der Waals surface area contributed by atoms with Gasteiger partial charge in [-0.1, -0.05) is 0 Å². The molecule has 1 fully saturated rings. The molecule has 0 radical (unpaired) electrons. The molecule has 0 atom stereocenters. The highest BCUT2D eigenvalue weighted by Crippen LogP contribution is 2.21. The Morgan fingerprint density at radius 3 is 2.86 bits per heavy atom. The lowest BCUT2D eigenvalue weighted by Gasteiger charge is -2.42. The van der Waals surface area contributed by atoms with Gasteiger partial charge in [0.15, 0.2) is 0 Å². The molecule has 0 spiro atoms. The van der Waals surface area contributed by atoms with Crippen molar-refractivity contribution in [2.45, 2.75) is 26.3 Å². The molecule has 0 saturated carbocycles. The zero-order valence-corrected chi connectivity index (χ0v) is 9.09. The number of nitrogens with zero attached hydrogens (tertiary/aromatic N) is 2. The molecule has 14 heavy (non-hydrogen) atoms. The number of aromatic nitrogens is 2. The minimum absolute atomic E-state index is 0.141. The molecule has 0 aromatic carbocycles. The first-order chi connectivity index (χ1) is 6.59. The lowest BCUT2D eigenvalue weighted by molar-refractivity contribution is 0.375. The maximum Gasteiger partial charge on any atom is 0.203 e. The minimum Gasteiger partial charge on any atom is -0.335 e. The normalized spacial score (nSPS) is 21.2. The van der Waals surface area contributed by atoms with Crippen molar-refractivity contribution in [1.82, 2.24) is 15.3 Å². The van der Waals surface area contributed by atoms with E-state index in [1.807, 2.05) is 13.1 Å². The number of hydrogen-bond donors (Lipinski definition) is 2. The molecule has 1 aromatic heterocycles. The van der Waals surface area contributed by atoms with Gasteiger partial charge in [0.1, 0.15) is 0 Å². The first-order valence-electron chi connectivity index (χ1n) is 5.09. The van der Waals surface area contributed by atoms with Crippen LogP contribution >= 0.6 is 0 Å². The second kappa shape index (κ2) is 3.28. The standard InChI is InChI=1S/C10H18N4/c1-8-6-12-9(13-8)14-5-4-11-7-10(14,2)3/h6,11H,4-5,7H2,1-3H3,(H,12,13). The van der Waals surface area contributed by atoms with E-state index < -0.39 is 0 Å². The van der Waals surface area contributed by atoms with Crippen molar-refractivity contribution in [2.24, 2.45) is 0 Å². The van der Waals surface area contributed by atoms with Gasteiger partial charge in [0.2, 0.25) is 5.95 Å². The molecule has 4 nitrogen and oxygen atoms in total. The third kappa shape index (κ3) is 1.62. The van der Waals surface area contributed by atoms with Crippen LogP contribution in [0.3, 0.4) is 0 Å². The van der Waals surface area contributed by atoms with Crippen LogP contribution in [0.1, 0.15) is 19.5 Å². The lowest BCUT2D eigenvalue weighted by atomic mass is 10.0. The van der Waals surface area contributed by atoms with Crippen LogP contribution in [0, 0.1) is 6.92 Å². The van der Waals surface area contributed by atoms with E-state index in [-0.39, 0.29) is 5.54 Å². The Hall–Kier alpha value is -1.03. The van der Waals surface area contributed by atoms with Gasteiger partial charge in [-0.15, -0.1) is 0 Å². The lowest BCUT2D eigenvalue weighted by Crippen LogP contribution is -2.58. The van der Waals surface area contributed by atoms with Crippen LogP contribution in [-0.4, -0.2) is 35.1 Å². The predicted octanol–water partition coefficient (Wildman–Crippen LogP) is 0.906. The van der Waals surface area contributed by atoms with Crippen LogP contribution in [0.5, 0.6) is 0 Å². The van der Waals surface area contributed by atoms with Crippen LogP contribution in [0.15, 0.2) is 6.20 Å². The Morgan fingerprint density at radius 1 is 1.50 bits per heavy atom. The summed E-state index contributed by atoms with van der Waals surface area (Å²) in [6, 6.07) is 0. The molecule has 0 bridgehead atoms. The van der Waals surface area contributed by atoms with E-state index in [1.165, 1.54) is 0 Å². The van der Waals surface area contributed by atoms with Gasteiger partial charge < -0.3 is 15.2 Å². The monoisotopic (exact) mass is 194 g/mol. The highest BCUT2D eigenvalue weighted by Gasteiger charge is 2.31. The summed E-state index contributed by atoms with van der Waals surface area (Å²) in [6.45, 7) is 9.55. The zero-order valence-electron chi connectivity index (χ0n) is 9.09. The largest absolute Gasteiger partial charge is 0.335 e. The SMILES string of the molecule is Cc1cnc(N2CCNCC2(C)C)[nH]1. The molecule has 0 aliphatic carbocycles. The van der Waals surface area contributed by atoms with E-state index in [0.29, 0.717) is 0 Å². The van der Waals surface area contributed by atoms with Crippen molar-refractivity contribution in [2.75, 3.05) is 24.5 Å². The molecule has 4 heteroatoms. The Balaban J connectivity index is 2.23. The third-order valence-corrected chi connectivity index (χ3v) is 2.75.